The SMILES string of the molecule is C[C@@H](CO)NC(=O)c1ccccc1. The average Bonchev–Trinajstić information content (AvgIpc) is 2.19. The van der Waals surface area contributed by atoms with Crippen molar-refractivity contribution in [2.24, 2.45) is 0 Å². The zero-order chi connectivity index (χ0) is 9.68. The van der Waals surface area contributed by atoms with Gasteiger partial charge in [-0.25, -0.2) is 0 Å². The summed E-state index contributed by atoms with van der Waals surface area (Å²) >= 11 is 0. The maximum absolute atomic E-state index is 11.4. The van der Waals surface area contributed by atoms with Gasteiger partial charge >= 0.3 is 0 Å². The minimum Gasteiger partial charge on any atom is -0.394 e. The van der Waals surface area contributed by atoms with Gasteiger partial charge < -0.3 is 10.4 Å². The van der Waals surface area contributed by atoms with Crippen LogP contribution in [0.2, 0.25) is 0 Å². The first kappa shape index (κ1) is 9.74. The van der Waals surface area contributed by atoms with Crippen molar-refractivity contribution >= 4 is 5.91 Å². The highest BCUT2D eigenvalue weighted by Gasteiger charge is 2.07. The van der Waals surface area contributed by atoms with Crippen molar-refractivity contribution in [2.45, 2.75) is 13.0 Å². The highest BCUT2D eigenvalue weighted by molar-refractivity contribution is 5.94. The van der Waals surface area contributed by atoms with E-state index in [0.717, 1.165) is 0 Å². The van der Waals surface area contributed by atoms with Gasteiger partial charge in [0.25, 0.3) is 5.91 Å². The summed E-state index contributed by atoms with van der Waals surface area (Å²) in [5.41, 5.74) is 0.614. The van der Waals surface area contributed by atoms with Crippen LogP contribution in [0.15, 0.2) is 30.3 Å². The van der Waals surface area contributed by atoms with Crippen molar-refractivity contribution < 1.29 is 9.90 Å². The summed E-state index contributed by atoms with van der Waals surface area (Å²) in [6.45, 7) is 1.71. The third kappa shape index (κ3) is 2.87. The van der Waals surface area contributed by atoms with E-state index in [4.69, 9.17) is 5.11 Å². The molecule has 3 nitrogen and oxygen atoms in total. The molecule has 0 spiro atoms. The molecule has 1 aromatic carbocycles. The van der Waals surface area contributed by atoms with Gasteiger partial charge in [-0.3, -0.25) is 4.79 Å². The molecule has 0 heterocycles. The van der Waals surface area contributed by atoms with Gasteiger partial charge in [-0.05, 0) is 19.1 Å². The van der Waals surface area contributed by atoms with E-state index in [0.29, 0.717) is 5.56 Å². The molecule has 0 aliphatic heterocycles. The van der Waals surface area contributed by atoms with E-state index >= 15 is 0 Å². The number of aliphatic hydroxyl groups is 1. The van der Waals surface area contributed by atoms with Crippen LogP contribution in [0.1, 0.15) is 17.3 Å². The zero-order valence-electron chi connectivity index (χ0n) is 7.53. The van der Waals surface area contributed by atoms with E-state index in [9.17, 15) is 4.79 Å². The van der Waals surface area contributed by atoms with Gasteiger partial charge in [-0.15, -0.1) is 0 Å². The van der Waals surface area contributed by atoms with Gasteiger partial charge in [0.05, 0.1) is 6.61 Å². The van der Waals surface area contributed by atoms with Crippen LogP contribution < -0.4 is 5.32 Å². The molecule has 0 bridgehead atoms. The highest BCUT2D eigenvalue weighted by Crippen LogP contribution is 1.98. The third-order valence-electron chi connectivity index (χ3n) is 1.69. The summed E-state index contributed by atoms with van der Waals surface area (Å²) in [5.74, 6) is -0.151. The zero-order valence-corrected chi connectivity index (χ0v) is 7.53. The summed E-state index contributed by atoms with van der Waals surface area (Å²) in [6.07, 6.45) is 0. The van der Waals surface area contributed by atoms with E-state index in [-0.39, 0.29) is 18.6 Å². The van der Waals surface area contributed by atoms with E-state index in [1.54, 1.807) is 31.2 Å². The number of carbonyl (C=O) groups excluding carboxylic acids is 1. The fourth-order valence-electron chi connectivity index (χ4n) is 0.942. The van der Waals surface area contributed by atoms with E-state index in [2.05, 4.69) is 5.32 Å². The second-order valence-corrected chi connectivity index (χ2v) is 2.92. The first-order valence-electron chi connectivity index (χ1n) is 4.21. The molecule has 2 N–H and O–H groups in total. The molecule has 0 aliphatic rings. The fraction of sp³-hybridized carbons (Fsp3) is 0.300. The molecule has 13 heavy (non-hydrogen) atoms. The molecule has 1 atom stereocenters. The maximum Gasteiger partial charge on any atom is 0.251 e. The van der Waals surface area contributed by atoms with Gasteiger partial charge in [0.2, 0.25) is 0 Å². The van der Waals surface area contributed by atoms with Crippen LogP contribution in [0, 0.1) is 0 Å². The first-order chi connectivity index (χ1) is 6.24. The lowest BCUT2D eigenvalue weighted by Gasteiger charge is -2.10. The predicted octanol–water partition coefficient (Wildman–Crippen LogP) is 0.797. The summed E-state index contributed by atoms with van der Waals surface area (Å²) in [4.78, 5) is 11.4. The number of benzene rings is 1. The van der Waals surface area contributed by atoms with Gasteiger partial charge in [-0.2, -0.15) is 0 Å². The summed E-state index contributed by atoms with van der Waals surface area (Å²) in [5, 5.41) is 11.4. The summed E-state index contributed by atoms with van der Waals surface area (Å²) in [6, 6.07) is 8.73. The van der Waals surface area contributed by atoms with Crippen molar-refractivity contribution in [3.8, 4) is 0 Å². The molecule has 0 unspecified atom stereocenters. The van der Waals surface area contributed by atoms with Crippen LogP contribution in [0.4, 0.5) is 0 Å². The van der Waals surface area contributed by atoms with Crippen LogP contribution in [0.25, 0.3) is 0 Å². The molecule has 3 heteroatoms. The average molecular weight is 179 g/mol. The molecule has 0 fully saturated rings. The number of aliphatic hydroxyl groups excluding tert-OH is 1. The number of rotatable bonds is 3. The Balaban J connectivity index is 2.59. The molecule has 70 valence electrons. The number of hydrogen-bond donors (Lipinski definition) is 2. The van der Waals surface area contributed by atoms with Crippen molar-refractivity contribution in [1.82, 2.24) is 5.32 Å². The quantitative estimate of drug-likeness (QED) is 0.721. The van der Waals surface area contributed by atoms with Crippen molar-refractivity contribution in [1.29, 1.82) is 0 Å². The van der Waals surface area contributed by atoms with Gasteiger partial charge in [0.1, 0.15) is 0 Å². The predicted molar refractivity (Wildman–Crippen MR) is 50.5 cm³/mol. The number of nitrogens with one attached hydrogen (secondary N) is 1. The Bertz CT molecular complexity index is 272. The summed E-state index contributed by atoms with van der Waals surface area (Å²) in [7, 11) is 0. The normalized spacial score (nSPS) is 12.2. The van der Waals surface area contributed by atoms with E-state index in [1.165, 1.54) is 0 Å². The van der Waals surface area contributed by atoms with E-state index < -0.39 is 0 Å². The van der Waals surface area contributed by atoms with Crippen LogP contribution in [0.3, 0.4) is 0 Å². The fourth-order valence-corrected chi connectivity index (χ4v) is 0.942. The Kier molecular flexibility index (Phi) is 3.46. The van der Waals surface area contributed by atoms with Gasteiger partial charge in [0.15, 0.2) is 0 Å². The Morgan fingerprint density at radius 2 is 2.08 bits per heavy atom. The number of hydrogen-bond acceptors (Lipinski definition) is 2. The Labute approximate surface area is 77.4 Å². The Hall–Kier alpha value is -1.35. The highest BCUT2D eigenvalue weighted by atomic mass is 16.3. The smallest absolute Gasteiger partial charge is 0.251 e. The minimum absolute atomic E-state index is 0.0431. The molecule has 1 amide bonds. The molecule has 0 aliphatic carbocycles. The van der Waals surface area contributed by atoms with E-state index in [1.807, 2.05) is 6.07 Å². The lowest BCUT2D eigenvalue weighted by atomic mass is 10.2. The number of amides is 1. The number of carbonyl (C=O) groups is 1. The lowest BCUT2D eigenvalue weighted by Crippen LogP contribution is -2.34. The third-order valence-corrected chi connectivity index (χ3v) is 1.69. The minimum atomic E-state index is -0.201. The maximum atomic E-state index is 11.4. The molecule has 1 rings (SSSR count). The van der Waals surface area contributed by atoms with Crippen molar-refractivity contribution in [2.75, 3.05) is 6.61 Å². The van der Waals surface area contributed by atoms with Crippen molar-refractivity contribution in [3.05, 3.63) is 35.9 Å². The van der Waals surface area contributed by atoms with Gasteiger partial charge in [-0.1, -0.05) is 18.2 Å². The monoisotopic (exact) mass is 179 g/mol. The van der Waals surface area contributed by atoms with Crippen LogP contribution in [-0.2, 0) is 0 Å². The molecule has 0 aromatic heterocycles. The largest absolute Gasteiger partial charge is 0.394 e. The molecule has 1 aromatic rings. The van der Waals surface area contributed by atoms with Crippen LogP contribution in [0.5, 0.6) is 0 Å². The molecule has 0 radical (unpaired) electrons. The Morgan fingerprint density at radius 1 is 1.46 bits per heavy atom. The van der Waals surface area contributed by atoms with Crippen molar-refractivity contribution in [3.63, 3.8) is 0 Å². The second-order valence-electron chi connectivity index (χ2n) is 2.92. The first-order valence-corrected chi connectivity index (χ1v) is 4.21. The van der Waals surface area contributed by atoms with Gasteiger partial charge in [0, 0.05) is 11.6 Å². The standard InChI is InChI=1S/C10H13NO2/c1-8(7-12)11-10(13)9-5-3-2-4-6-9/h2-6,8,12H,7H2,1H3,(H,11,13)/t8-/m0/s1. The molecular formula is C10H13NO2. The molecular weight excluding hydrogens is 166 g/mol. The molecule has 0 saturated carbocycles. The van der Waals surface area contributed by atoms with Crippen LogP contribution >= 0.6 is 0 Å². The second kappa shape index (κ2) is 4.62. The lowest BCUT2D eigenvalue weighted by molar-refractivity contribution is 0.0922. The Morgan fingerprint density at radius 3 is 2.62 bits per heavy atom. The van der Waals surface area contributed by atoms with Crippen LogP contribution in [-0.4, -0.2) is 23.7 Å². The summed E-state index contributed by atoms with van der Waals surface area (Å²) < 4.78 is 0. The molecule has 0 saturated heterocycles. The topological polar surface area (TPSA) is 49.3 Å².